The number of aryl methyl sites for hydroxylation is 1. The Kier molecular flexibility index (Phi) is 4.62. The predicted octanol–water partition coefficient (Wildman–Crippen LogP) is 3.32. The number of hydrogen-bond acceptors (Lipinski definition) is 6. The van der Waals surface area contributed by atoms with Crippen LogP contribution in [0.4, 0.5) is 15.9 Å². The van der Waals surface area contributed by atoms with Gasteiger partial charge in [0.1, 0.15) is 11.3 Å². The summed E-state index contributed by atoms with van der Waals surface area (Å²) in [6, 6.07) is 7.10. The van der Waals surface area contributed by atoms with E-state index < -0.39 is 11.7 Å². The highest BCUT2D eigenvalue weighted by Gasteiger charge is 2.25. The molecule has 1 amide bonds. The number of furan rings is 1. The fourth-order valence-electron chi connectivity index (χ4n) is 4.01. The van der Waals surface area contributed by atoms with Gasteiger partial charge in [-0.3, -0.25) is 4.79 Å². The first-order valence-corrected chi connectivity index (χ1v) is 10.2. The number of nitrogens with zero attached hydrogens (tertiary/aromatic N) is 5. The van der Waals surface area contributed by atoms with Gasteiger partial charge in [-0.05, 0) is 39.6 Å². The summed E-state index contributed by atoms with van der Waals surface area (Å²) < 4.78 is 21.5. The first-order valence-electron chi connectivity index (χ1n) is 10.2. The minimum atomic E-state index is -0.511. The van der Waals surface area contributed by atoms with Crippen molar-refractivity contribution in [3.63, 3.8) is 0 Å². The molecule has 0 saturated carbocycles. The number of pyridine rings is 2. The van der Waals surface area contributed by atoms with E-state index in [0.29, 0.717) is 28.5 Å². The number of likely N-dealkylation sites (N-methyl/N-ethyl adjacent to an activating group) is 1. The molecule has 0 radical (unpaired) electrons. The van der Waals surface area contributed by atoms with Crippen LogP contribution in [-0.4, -0.2) is 58.4 Å². The fourth-order valence-corrected chi connectivity index (χ4v) is 4.01. The maximum Gasteiger partial charge on any atom is 0.291 e. The Morgan fingerprint density at radius 2 is 2.10 bits per heavy atom. The molecule has 1 fully saturated rings. The number of anilines is 2. The van der Waals surface area contributed by atoms with Gasteiger partial charge in [0, 0.05) is 43.7 Å². The lowest BCUT2D eigenvalue weighted by Crippen LogP contribution is -2.31. The third-order valence-corrected chi connectivity index (χ3v) is 5.69. The Labute approximate surface area is 178 Å². The van der Waals surface area contributed by atoms with Crippen LogP contribution in [0.1, 0.15) is 22.7 Å². The molecule has 1 atom stereocenters. The lowest BCUT2D eigenvalue weighted by atomic mass is 10.2. The fraction of sp³-hybridized carbons (Fsp3) is 0.318. The molecule has 160 valence electrons. The maximum atomic E-state index is 14.3. The van der Waals surface area contributed by atoms with E-state index in [4.69, 9.17) is 4.42 Å². The predicted molar refractivity (Wildman–Crippen MR) is 116 cm³/mol. The monoisotopic (exact) mass is 422 g/mol. The number of carbonyl (C=O) groups is 1. The van der Waals surface area contributed by atoms with Crippen LogP contribution >= 0.6 is 0 Å². The first kappa shape index (κ1) is 19.5. The van der Waals surface area contributed by atoms with Gasteiger partial charge in [-0.25, -0.2) is 14.4 Å². The molecule has 8 nitrogen and oxygen atoms in total. The number of amides is 1. The van der Waals surface area contributed by atoms with Crippen molar-refractivity contribution in [3.8, 4) is 0 Å². The number of nitrogens with one attached hydrogen (secondary N) is 1. The minimum Gasteiger partial charge on any atom is -0.449 e. The Morgan fingerprint density at radius 1 is 1.26 bits per heavy atom. The zero-order valence-electron chi connectivity index (χ0n) is 17.6. The Balaban J connectivity index is 1.37. The quantitative estimate of drug-likeness (QED) is 0.544. The Hall–Kier alpha value is -3.46. The Bertz CT molecular complexity index is 1290. The average Bonchev–Trinajstić information content (AvgIpc) is 3.44. The average molecular weight is 422 g/mol. The summed E-state index contributed by atoms with van der Waals surface area (Å²) in [5.41, 5.74) is 2.37. The van der Waals surface area contributed by atoms with Gasteiger partial charge in [0.05, 0.1) is 11.4 Å². The molecule has 9 heteroatoms. The molecule has 5 rings (SSSR count). The van der Waals surface area contributed by atoms with Gasteiger partial charge in [0.25, 0.3) is 5.91 Å². The van der Waals surface area contributed by atoms with Crippen LogP contribution in [0, 0.1) is 12.7 Å². The minimum absolute atomic E-state index is 0.120. The van der Waals surface area contributed by atoms with Crippen LogP contribution in [0.2, 0.25) is 0 Å². The topological polar surface area (TPSA) is 78.9 Å². The van der Waals surface area contributed by atoms with Crippen LogP contribution in [0.3, 0.4) is 0 Å². The van der Waals surface area contributed by atoms with Crippen LogP contribution in [0.5, 0.6) is 0 Å². The number of hydrogen-bond donors (Lipinski definition) is 1. The normalized spacial score (nSPS) is 16.7. The van der Waals surface area contributed by atoms with Crippen molar-refractivity contribution in [2.75, 3.05) is 37.4 Å². The van der Waals surface area contributed by atoms with E-state index in [1.54, 1.807) is 29.8 Å². The summed E-state index contributed by atoms with van der Waals surface area (Å²) in [7, 11) is 4.17. The van der Waals surface area contributed by atoms with Crippen LogP contribution < -0.4 is 10.2 Å². The van der Waals surface area contributed by atoms with Gasteiger partial charge in [-0.2, -0.15) is 0 Å². The second kappa shape index (κ2) is 7.35. The van der Waals surface area contributed by atoms with E-state index >= 15 is 0 Å². The van der Waals surface area contributed by atoms with Crippen molar-refractivity contribution in [3.05, 3.63) is 53.9 Å². The molecule has 4 aromatic heterocycles. The molecule has 1 saturated heterocycles. The van der Waals surface area contributed by atoms with E-state index in [0.717, 1.165) is 25.3 Å². The molecular weight excluding hydrogens is 399 g/mol. The molecule has 0 aromatic carbocycles. The largest absolute Gasteiger partial charge is 0.449 e. The van der Waals surface area contributed by atoms with Crippen LogP contribution in [0.15, 0.2) is 41.1 Å². The van der Waals surface area contributed by atoms with Crippen LogP contribution in [-0.2, 0) is 0 Å². The number of fused-ring (bicyclic) bond motifs is 2. The summed E-state index contributed by atoms with van der Waals surface area (Å²) in [6.45, 7) is 3.63. The van der Waals surface area contributed by atoms with Gasteiger partial charge in [0.15, 0.2) is 22.8 Å². The Morgan fingerprint density at radius 3 is 2.87 bits per heavy atom. The highest BCUT2D eigenvalue weighted by atomic mass is 19.1. The van der Waals surface area contributed by atoms with Crippen molar-refractivity contribution in [1.82, 2.24) is 19.3 Å². The molecule has 31 heavy (non-hydrogen) atoms. The summed E-state index contributed by atoms with van der Waals surface area (Å²) in [4.78, 5) is 26.0. The number of carbonyl (C=O) groups excluding carboxylic acids is 1. The third-order valence-electron chi connectivity index (χ3n) is 5.69. The van der Waals surface area contributed by atoms with Gasteiger partial charge >= 0.3 is 0 Å². The summed E-state index contributed by atoms with van der Waals surface area (Å²) >= 11 is 0. The molecule has 5 heterocycles. The van der Waals surface area contributed by atoms with Crippen molar-refractivity contribution < 1.29 is 13.6 Å². The van der Waals surface area contributed by atoms with Gasteiger partial charge < -0.3 is 23.9 Å². The number of aromatic nitrogens is 3. The number of halogens is 1. The molecule has 4 aromatic rings. The molecular formula is C22H23FN6O2. The maximum absolute atomic E-state index is 14.3. The molecule has 1 aliphatic heterocycles. The zero-order chi connectivity index (χ0) is 21.7. The SMILES string of the molecule is Cc1cn2cc(NC(=O)c3cc4nc(N5CC[C@@H](N(C)C)C5)ccc4o3)cc(F)c2n1. The summed E-state index contributed by atoms with van der Waals surface area (Å²) in [5.74, 6) is 0.00889. The number of rotatable bonds is 4. The smallest absolute Gasteiger partial charge is 0.291 e. The van der Waals surface area contributed by atoms with Gasteiger partial charge in [0.2, 0.25) is 0 Å². The lowest BCUT2D eigenvalue weighted by Gasteiger charge is -2.20. The standard InChI is InChI=1S/C22H23FN6O2/c1-13-10-29-11-14(8-16(23)21(29)24-13)25-22(30)19-9-17-18(31-19)4-5-20(26-17)28-7-6-15(12-28)27(2)3/h4-5,8-11,15H,6-7,12H2,1-3H3,(H,25,30)/t15-/m1/s1. The first-order chi connectivity index (χ1) is 14.9. The number of imidazole rings is 1. The second-order valence-electron chi connectivity index (χ2n) is 8.16. The lowest BCUT2D eigenvalue weighted by molar-refractivity contribution is 0.0998. The van der Waals surface area contributed by atoms with Crippen molar-refractivity contribution in [2.24, 2.45) is 0 Å². The molecule has 0 aliphatic carbocycles. The summed E-state index contributed by atoms with van der Waals surface area (Å²) in [6.07, 6.45) is 4.40. The molecule has 1 N–H and O–H groups in total. The highest BCUT2D eigenvalue weighted by molar-refractivity contribution is 6.04. The third kappa shape index (κ3) is 3.61. The van der Waals surface area contributed by atoms with E-state index in [2.05, 4.69) is 39.2 Å². The molecule has 0 unspecified atom stereocenters. The molecule has 1 aliphatic rings. The highest BCUT2D eigenvalue weighted by Crippen LogP contribution is 2.26. The van der Waals surface area contributed by atoms with Crippen LogP contribution in [0.25, 0.3) is 16.7 Å². The molecule has 0 spiro atoms. The second-order valence-corrected chi connectivity index (χ2v) is 8.16. The summed E-state index contributed by atoms with van der Waals surface area (Å²) in [5, 5.41) is 2.68. The van der Waals surface area contributed by atoms with E-state index in [-0.39, 0.29) is 11.4 Å². The van der Waals surface area contributed by atoms with E-state index in [1.807, 2.05) is 12.1 Å². The zero-order valence-corrected chi connectivity index (χ0v) is 17.6. The van der Waals surface area contributed by atoms with E-state index in [9.17, 15) is 9.18 Å². The molecule has 0 bridgehead atoms. The van der Waals surface area contributed by atoms with Gasteiger partial charge in [-0.1, -0.05) is 0 Å². The van der Waals surface area contributed by atoms with E-state index in [1.165, 1.54) is 6.07 Å². The van der Waals surface area contributed by atoms with Crippen molar-refractivity contribution in [1.29, 1.82) is 0 Å². The van der Waals surface area contributed by atoms with Crippen molar-refractivity contribution in [2.45, 2.75) is 19.4 Å². The van der Waals surface area contributed by atoms with Crippen molar-refractivity contribution >= 4 is 34.2 Å². The van der Waals surface area contributed by atoms with Gasteiger partial charge in [-0.15, -0.1) is 0 Å².